The normalized spacial score (nSPS) is 11.5. The molecule has 0 aliphatic carbocycles. The van der Waals surface area contributed by atoms with Crippen molar-refractivity contribution in [3.63, 3.8) is 0 Å². The Balaban J connectivity index is 0. The SMILES string of the molecule is CCCCCCCCCCCC(=O)O[SH](C)(=O)OCC=O.[NaH]. The molecule has 0 unspecified atom stereocenters. The second-order valence-corrected chi connectivity index (χ2v) is 7.26. The zero-order valence-corrected chi connectivity index (χ0v) is 14.2. The van der Waals surface area contributed by atoms with E-state index in [1.165, 1.54) is 44.8 Å². The van der Waals surface area contributed by atoms with E-state index in [9.17, 15) is 13.8 Å². The van der Waals surface area contributed by atoms with Gasteiger partial charge in [-0.05, 0) is 6.42 Å². The van der Waals surface area contributed by atoms with Gasteiger partial charge in [0.2, 0.25) is 0 Å². The van der Waals surface area contributed by atoms with E-state index in [1.54, 1.807) is 0 Å². The minimum absolute atomic E-state index is 0. The Hall–Kier alpha value is 0.250. The van der Waals surface area contributed by atoms with Crippen molar-refractivity contribution in [1.82, 2.24) is 0 Å². The fourth-order valence-electron chi connectivity index (χ4n) is 2.00. The first kappa shape index (κ1) is 24.5. The third kappa shape index (κ3) is 16.6. The number of carbonyl (C=O) groups is 2. The number of hydrogen-bond acceptors (Lipinski definition) is 5. The van der Waals surface area contributed by atoms with Crippen LogP contribution in [-0.2, 0) is 28.4 Å². The van der Waals surface area contributed by atoms with Gasteiger partial charge in [0.15, 0.2) is 0 Å². The molecule has 0 N–H and O–H groups in total. The molecule has 0 aliphatic heterocycles. The molecule has 5 nitrogen and oxygen atoms in total. The summed E-state index contributed by atoms with van der Waals surface area (Å²) in [5.41, 5.74) is 0. The van der Waals surface area contributed by atoms with Crippen LogP contribution in [0, 0.1) is 0 Å². The van der Waals surface area contributed by atoms with E-state index in [4.69, 9.17) is 4.18 Å². The molecule has 0 atom stereocenters. The second-order valence-electron chi connectivity index (χ2n) is 5.28. The molecule has 0 heterocycles. The summed E-state index contributed by atoms with van der Waals surface area (Å²) in [6.07, 6.45) is 12.4. The second kappa shape index (κ2) is 16.1. The molecule has 0 saturated carbocycles. The average Bonchev–Trinajstić information content (AvgIpc) is 2.43. The van der Waals surface area contributed by atoms with Crippen LogP contribution in [0.15, 0.2) is 0 Å². The van der Waals surface area contributed by atoms with Crippen molar-refractivity contribution >= 4 is 52.3 Å². The molecule has 0 radical (unpaired) electrons. The van der Waals surface area contributed by atoms with Crippen molar-refractivity contribution in [2.75, 3.05) is 12.9 Å². The molecule has 0 rings (SSSR count). The predicted octanol–water partition coefficient (Wildman–Crippen LogP) is 2.49. The standard InChI is InChI=1S/C15H30O5S.Na.H/c1-3-4-5-6-7-8-9-10-11-12-15(17)20-21(2,18)19-14-13-16;;/h13,21H,3-12,14H2,1-2H3;;. The molecule has 22 heavy (non-hydrogen) atoms. The quantitative estimate of drug-likeness (QED) is 0.226. The summed E-state index contributed by atoms with van der Waals surface area (Å²) in [6.45, 7) is 1.89. The van der Waals surface area contributed by atoms with Gasteiger partial charge in [0, 0.05) is 12.7 Å². The molecule has 7 heteroatoms. The fraction of sp³-hybridized carbons (Fsp3) is 0.867. The molecule has 0 fully saturated rings. The molecule has 0 bridgehead atoms. The van der Waals surface area contributed by atoms with E-state index in [1.807, 2.05) is 0 Å². The molecule has 0 amide bonds. The first-order valence-electron chi connectivity index (χ1n) is 7.90. The zero-order valence-electron chi connectivity index (χ0n) is 13.3. The van der Waals surface area contributed by atoms with E-state index in [0.29, 0.717) is 6.29 Å². The molecular weight excluding hydrogens is 315 g/mol. The van der Waals surface area contributed by atoms with Crippen LogP contribution in [0.2, 0.25) is 0 Å². The molecule has 0 spiro atoms. The Labute approximate surface area is 158 Å². The van der Waals surface area contributed by atoms with E-state index >= 15 is 0 Å². The minimum atomic E-state index is -3.42. The number of carbonyl (C=O) groups excluding carboxylic acids is 2. The van der Waals surface area contributed by atoms with Crippen LogP contribution >= 0.6 is 0 Å². The summed E-state index contributed by atoms with van der Waals surface area (Å²) in [7, 11) is -3.42. The van der Waals surface area contributed by atoms with Gasteiger partial charge in [-0.15, -0.1) is 0 Å². The summed E-state index contributed by atoms with van der Waals surface area (Å²) >= 11 is 0. The van der Waals surface area contributed by atoms with Crippen molar-refractivity contribution in [1.29, 1.82) is 0 Å². The summed E-state index contributed by atoms with van der Waals surface area (Å²) in [4.78, 5) is 21.6. The van der Waals surface area contributed by atoms with Crippen molar-refractivity contribution < 1.29 is 22.2 Å². The predicted molar refractivity (Wildman–Crippen MR) is 92.6 cm³/mol. The van der Waals surface area contributed by atoms with Crippen LogP contribution in [0.25, 0.3) is 0 Å². The molecule has 0 aromatic carbocycles. The van der Waals surface area contributed by atoms with Crippen molar-refractivity contribution in [3.05, 3.63) is 0 Å². The number of aldehydes is 1. The Morgan fingerprint density at radius 3 is 2.00 bits per heavy atom. The molecule has 0 aromatic heterocycles. The van der Waals surface area contributed by atoms with Crippen molar-refractivity contribution in [3.8, 4) is 0 Å². The number of unbranched alkanes of at least 4 members (excludes halogenated alkanes) is 8. The summed E-state index contributed by atoms with van der Waals surface area (Å²) < 4.78 is 21.1. The fourth-order valence-corrected chi connectivity index (χ4v) is 2.85. The maximum atomic E-state index is 11.6. The van der Waals surface area contributed by atoms with E-state index in [0.717, 1.165) is 19.3 Å². The summed E-state index contributed by atoms with van der Waals surface area (Å²) in [6, 6.07) is 0. The van der Waals surface area contributed by atoms with Gasteiger partial charge < -0.3 is 8.98 Å². The van der Waals surface area contributed by atoms with Crippen LogP contribution in [0.1, 0.15) is 71.1 Å². The van der Waals surface area contributed by atoms with Crippen LogP contribution in [0.5, 0.6) is 0 Å². The number of thiol groups is 1. The van der Waals surface area contributed by atoms with Crippen molar-refractivity contribution in [2.24, 2.45) is 0 Å². The Kier molecular flexibility index (Phi) is 18.0. The van der Waals surface area contributed by atoms with E-state index in [2.05, 4.69) is 11.1 Å². The zero-order chi connectivity index (χ0) is 16.0. The van der Waals surface area contributed by atoms with Gasteiger partial charge >= 0.3 is 35.5 Å². The molecule has 0 aliphatic rings. The molecular formula is C15H31NaO5S. The van der Waals surface area contributed by atoms with Gasteiger partial charge in [0.05, 0.1) is 0 Å². The Morgan fingerprint density at radius 2 is 1.50 bits per heavy atom. The van der Waals surface area contributed by atoms with Crippen LogP contribution in [0.4, 0.5) is 0 Å². The van der Waals surface area contributed by atoms with Gasteiger partial charge in [-0.2, -0.15) is 0 Å². The molecule has 128 valence electrons. The number of hydrogen-bond donors (Lipinski definition) is 1. The third-order valence-corrected chi connectivity index (χ3v) is 4.28. The van der Waals surface area contributed by atoms with Gasteiger partial charge in [-0.1, -0.05) is 58.3 Å². The van der Waals surface area contributed by atoms with E-state index < -0.39 is 16.5 Å². The summed E-state index contributed by atoms with van der Waals surface area (Å²) in [5, 5.41) is 0. The van der Waals surface area contributed by atoms with Gasteiger partial charge in [-0.25, -0.2) is 4.21 Å². The van der Waals surface area contributed by atoms with Gasteiger partial charge in [0.25, 0.3) is 0 Å². The van der Waals surface area contributed by atoms with E-state index in [-0.39, 0.29) is 42.6 Å². The van der Waals surface area contributed by atoms with Crippen molar-refractivity contribution in [2.45, 2.75) is 71.1 Å². The maximum absolute atomic E-state index is 11.6. The first-order valence-corrected chi connectivity index (χ1v) is 9.89. The van der Waals surface area contributed by atoms with Gasteiger partial charge in [0.1, 0.15) is 23.4 Å². The monoisotopic (exact) mass is 346 g/mol. The Bertz CT molecular complexity index is 336. The van der Waals surface area contributed by atoms with Gasteiger partial charge in [-0.3, -0.25) is 8.98 Å². The average molecular weight is 346 g/mol. The Morgan fingerprint density at radius 1 is 1.00 bits per heavy atom. The van der Waals surface area contributed by atoms with Crippen LogP contribution < -0.4 is 0 Å². The molecule has 0 saturated heterocycles. The van der Waals surface area contributed by atoms with Crippen LogP contribution in [-0.4, -0.2) is 58.9 Å². The third-order valence-electron chi connectivity index (χ3n) is 3.13. The first-order chi connectivity index (χ1) is 10.0. The molecule has 0 aromatic rings. The van der Waals surface area contributed by atoms with Crippen LogP contribution in [0.3, 0.4) is 0 Å². The summed E-state index contributed by atoms with van der Waals surface area (Å²) in [5.74, 6) is -0.519. The number of rotatable bonds is 14. The topological polar surface area (TPSA) is 69.7 Å².